The third-order valence-electron chi connectivity index (χ3n) is 2.11. The van der Waals surface area contributed by atoms with E-state index in [4.69, 9.17) is 5.14 Å². The minimum atomic E-state index is -3.27. The van der Waals surface area contributed by atoms with Crippen molar-refractivity contribution in [3.05, 3.63) is 0 Å². The van der Waals surface area contributed by atoms with E-state index in [2.05, 4.69) is 10.2 Å². The van der Waals surface area contributed by atoms with Gasteiger partial charge in [-0.15, -0.1) is 0 Å². The molecule has 78 valence electrons. The number of nitrogens with one attached hydrogen (secondary N) is 1. The summed E-state index contributed by atoms with van der Waals surface area (Å²) in [6.07, 6.45) is 0.638. The third kappa shape index (κ3) is 5.20. The minimum absolute atomic E-state index is 0.0942. The Morgan fingerprint density at radius 2 is 1.92 bits per heavy atom. The van der Waals surface area contributed by atoms with Gasteiger partial charge in [0.15, 0.2) is 0 Å². The molecular weight excluding hydrogens is 190 g/mol. The van der Waals surface area contributed by atoms with Crippen molar-refractivity contribution in [1.82, 2.24) is 10.2 Å². The molecule has 1 fully saturated rings. The first-order valence-electron chi connectivity index (χ1n) is 4.51. The van der Waals surface area contributed by atoms with Crippen LogP contribution in [0.4, 0.5) is 0 Å². The number of hydrogen-bond acceptors (Lipinski definition) is 4. The maximum Gasteiger partial charge on any atom is 0.209 e. The van der Waals surface area contributed by atoms with Crippen LogP contribution in [0.15, 0.2) is 0 Å². The smallest absolute Gasteiger partial charge is 0.209 e. The molecule has 0 aliphatic carbocycles. The molecule has 0 aromatic rings. The number of hydrogen-bond donors (Lipinski definition) is 2. The highest BCUT2D eigenvalue weighted by molar-refractivity contribution is 7.89. The molecule has 0 spiro atoms. The molecule has 13 heavy (non-hydrogen) atoms. The van der Waals surface area contributed by atoms with Crippen molar-refractivity contribution in [2.24, 2.45) is 5.14 Å². The van der Waals surface area contributed by atoms with Gasteiger partial charge in [-0.25, -0.2) is 13.6 Å². The number of primary sulfonamides is 1. The van der Waals surface area contributed by atoms with Crippen molar-refractivity contribution >= 4 is 10.0 Å². The summed E-state index contributed by atoms with van der Waals surface area (Å²) in [6.45, 7) is 4.83. The Morgan fingerprint density at radius 1 is 1.31 bits per heavy atom. The van der Waals surface area contributed by atoms with E-state index in [9.17, 15) is 8.42 Å². The van der Waals surface area contributed by atoms with Gasteiger partial charge in [-0.3, -0.25) is 0 Å². The van der Waals surface area contributed by atoms with E-state index in [0.29, 0.717) is 6.42 Å². The standard InChI is InChI=1S/C7H17N3O2S/c8-13(11,12)7-1-4-10-5-2-9-3-6-10/h9H,1-7H2,(H2,8,11,12). The maximum absolute atomic E-state index is 10.6. The number of rotatable bonds is 4. The molecule has 6 heteroatoms. The van der Waals surface area contributed by atoms with Crippen molar-refractivity contribution < 1.29 is 8.42 Å². The topological polar surface area (TPSA) is 75.4 Å². The lowest BCUT2D eigenvalue weighted by Gasteiger charge is -2.26. The van der Waals surface area contributed by atoms with Crippen LogP contribution in [0.25, 0.3) is 0 Å². The molecule has 0 bridgehead atoms. The summed E-state index contributed by atoms with van der Waals surface area (Å²) in [4.78, 5) is 2.25. The lowest BCUT2D eigenvalue weighted by molar-refractivity contribution is 0.242. The highest BCUT2D eigenvalue weighted by Gasteiger charge is 2.10. The summed E-state index contributed by atoms with van der Waals surface area (Å²) >= 11 is 0. The molecule has 3 N–H and O–H groups in total. The molecule has 1 aliphatic rings. The average molecular weight is 207 g/mol. The Morgan fingerprint density at radius 3 is 2.46 bits per heavy atom. The Kier molecular flexibility index (Phi) is 4.11. The SMILES string of the molecule is NS(=O)(=O)CCCN1CCNCC1. The van der Waals surface area contributed by atoms with Gasteiger partial charge in [0.05, 0.1) is 5.75 Å². The van der Waals surface area contributed by atoms with Crippen molar-refractivity contribution in [3.8, 4) is 0 Å². The molecule has 0 aromatic carbocycles. The molecule has 5 nitrogen and oxygen atoms in total. The monoisotopic (exact) mass is 207 g/mol. The highest BCUT2D eigenvalue weighted by atomic mass is 32.2. The van der Waals surface area contributed by atoms with Crippen LogP contribution < -0.4 is 10.5 Å². The zero-order valence-electron chi connectivity index (χ0n) is 7.70. The van der Waals surface area contributed by atoms with Gasteiger partial charge in [0.25, 0.3) is 0 Å². The van der Waals surface area contributed by atoms with Crippen LogP contribution >= 0.6 is 0 Å². The molecule has 0 radical (unpaired) electrons. The summed E-state index contributed by atoms with van der Waals surface area (Å²) < 4.78 is 21.2. The molecule has 1 saturated heterocycles. The first-order chi connectivity index (χ1) is 6.08. The van der Waals surface area contributed by atoms with Crippen LogP contribution in [0.5, 0.6) is 0 Å². The molecule has 0 atom stereocenters. The van der Waals surface area contributed by atoms with Gasteiger partial charge in [-0.2, -0.15) is 0 Å². The fraction of sp³-hybridized carbons (Fsp3) is 1.00. The second-order valence-electron chi connectivity index (χ2n) is 3.31. The predicted molar refractivity (Wildman–Crippen MR) is 51.9 cm³/mol. The van der Waals surface area contributed by atoms with Crippen molar-refractivity contribution in [2.75, 3.05) is 38.5 Å². The van der Waals surface area contributed by atoms with E-state index in [1.807, 2.05) is 0 Å². The van der Waals surface area contributed by atoms with Crippen molar-refractivity contribution in [3.63, 3.8) is 0 Å². The molecule has 0 amide bonds. The molecule has 1 rings (SSSR count). The second-order valence-corrected chi connectivity index (χ2v) is 5.05. The lowest BCUT2D eigenvalue weighted by atomic mass is 10.3. The Hall–Kier alpha value is -0.170. The van der Waals surface area contributed by atoms with Gasteiger partial charge in [0, 0.05) is 26.2 Å². The second kappa shape index (κ2) is 4.90. The number of sulfonamides is 1. The summed E-state index contributed by atoms with van der Waals surface area (Å²) in [5.74, 6) is 0.0942. The van der Waals surface area contributed by atoms with Gasteiger partial charge >= 0.3 is 0 Å². The van der Waals surface area contributed by atoms with Crippen LogP contribution in [0.3, 0.4) is 0 Å². The largest absolute Gasteiger partial charge is 0.314 e. The Bertz CT molecular complexity index is 234. The van der Waals surface area contributed by atoms with E-state index in [-0.39, 0.29) is 5.75 Å². The zero-order valence-corrected chi connectivity index (χ0v) is 8.52. The molecular formula is C7H17N3O2S. The molecule has 0 unspecified atom stereocenters. The van der Waals surface area contributed by atoms with Gasteiger partial charge in [-0.05, 0) is 13.0 Å². The van der Waals surface area contributed by atoms with E-state index in [1.54, 1.807) is 0 Å². The Labute approximate surface area is 79.3 Å². The molecule has 1 heterocycles. The van der Waals surface area contributed by atoms with E-state index < -0.39 is 10.0 Å². The lowest BCUT2D eigenvalue weighted by Crippen LogP contribution is -2.44. The van der Waals surface area contributed by atoms with Crippen LogP contribution in [0.2, 0.25) is 0 Å². The number of piperazine rings is 1. The van der Waals surface area contributed by atoms with Crippen molar-refractivity contribution in [2.45, 2.75) is 6.42 Å². The third-order valence-corrected chi connectivity index (χ3v) is 2.97. The van der Waals surface area contributed by atoms with Gasteiger partial charge in [-0.1, -0.05) is 0 Å². The normalized spacial score (nSPS) is 20.4. The molecule has 0 aromatic heterocycles. The Balaban J connectivity index is 2.11. The van der Waals surface area contributed by atoms with Gasteiger partial charge < -0.3 is 10.2 Å². The quantitative estimate of drug-likeness (QED) is 0.592. The van der Waals surface area contributed by atoms with Crippen LogP contribution in [0.1, 0.15) is 6.42 Å². The number of nitrogens with zero attached hydrogens (tertiary/aromatic N) is 1. The first-order valence-corrected chi connectivity index (χ1v) is 6.23. The summed E-state index contributed by atoms with van der Waals surface area (Å²) in [5, 5.41) is 8.13. The van der Waals surface area contributed by atoms with Gasteiger partial charge in [0.1, 0.15) is 0 Å². The fourth-order valence-electron chi connectivity index (χ4n) is 1.42. The summed E-state index contributed by atoms with van der Waals surface area (Å²) in [6, 6.07) is 0. The molecule has 1 aliphatic heterocycles. The zero-order chi connectivity index (χ0) is 9.73. The summed E-state index contributed by atoms with van der Waals surface area (Å²) in [5.41, 5.74) is 0. The van der Waals surface area contributed by atoms with E-state index in [1.165, 1.54) is 0 Å². The number of nitrogens with two attached hydrogens (primary N) is 1. The van der Waals surface area contributed by atoms with E-state index in [0.717, 1.165) is 32.7 Å². The molecule has 0 saturated carbocycles. The maximum atomic E-state index is 10.6. The first kappa shape index (κ1) is 10.9. The highest BCUT2D eigenvalue weighted by Crippen LogP contribution is 1.95. The predicted octanol–water partition coefficient (Wildman–Crippen LogP) is -1.43. The van der Waals surface area contributed by atoms with Crippen molar-refractivity contribution in [1.29, 1.82) is 0 Å². The van der Waals surface area contributed by atoms with Crippen LogP contribution in [-0.2, 0) is 10.0 Å². The minimum Gasteiger partial charge on any atom is -0.314 e. The average Bonchev–Trinajstić information content (AvgIpc) is 2.04. The van der Waals surface area contributed by atoms with Gasteiger partial charge in [0.2, 0.25) is 10.0 Å². The fourth-order valence-corrected chi connectivity index (χ4v) is 1.96. The van der Waals surface area contributed by atoms with Crippen LogP contribution in [-0.4, -0.2) is 51.8 Å². The van der Waals surface area contributed by atoms with E-state index >= 15 is 0 Å². The summed E-state index contributed by atoms with van der Waals surface area (Å²) in [7, 11) is -3.27. The van der Waals surface area contributed by atoms with Crippen LogP contribution in [0, 0.1) is 0 Å².